The van der Waals surface area contributed by atoms with Crippen LogP contribution in [0.1, 0.15) is 24.8 Å². The zero-order valence-electron chi connectivity index (χ0n) is 11.4. The summed E-state index contributed by atoms with van der Waals surface area (Å²) in [5.41, 5.74) is 1.03. The van der Waals surface area contributed by atoms with Crippen LogP contribution < -0.4 is 0 Å². The van der Waals surface area contributed by atoms with E-state index < -0.39 is 6.04 Å². The first kappa shape index (κ1) is 13.3. The van der Waals surface area contributed by atoms with Crippen molar-refractivity contribution < 1.29 is 14.7 Å². The molecular formula is C16H19NO3. The molecule has 1 aromatic rings. The van der Waals surface area contributed by atoms with Crippen molar-refractivity contribution in [1.82, 2.24) is 4.90 Å². The summed E-state index contributed by atoms with van der Waals surface area (Å²) >= 11 is 0. The Morgan fingerprint density at radius 3 is 2.25 bits per heavy atom. The lowest BCUT2D eigenvalue weighted by Gasteiger charge is -2.25. The van der Waals surface area contributed by atoms with Crippen LogP contribution in [0, 0.1) is 11.8 Å². The summed E-state index contributed by atoms with van der Waals surface area (Å²) in [5.74, 6) is -0.417. The van der Waals surface area contributed by atoms with Gasteiger partial charge in [-0.15, -0.1) is 0 Å². The number of rotatable bonds is 4. The van der Waals surface area contributed by atoms with Gasteiger partial charge in [0, 0.05) is 0 Å². The SMILES string of the molecule is O=C1C2CCCC2C(=O)N1[C@@H](CO)Cc1ccccc1. The number of hydrogen-bond acceptors (Lipinski definition) is 3. The number of nitrogens with zero attached hydrogens (tertiary/aromatic N) is 1. The molecule has 2 aliphatic rings. The van der Waals surface area contributed by atoms with Crippen LogP contribution in [0.15, 0.2) is 30.3 Å². The van der Waals surface area contributed by atoms with Gasteiger partial charge in [-0.3, -0.25) is 14.5 Å². The monoisotopic (exact) mass is 273 g/mol. The largest absolute Gasteiger partial charge is 0.394 e. The maximum Gasteiger partial charge on any atom is 0.233 e. The van der Waals surface area contributed by atoms with Crippen molar-refractivity contribution in [2.75, 3.05) is 6.61 Å². The van der Waals surface area contributed by atoms with E-state index in [0.29, 0.717) is 6.42 Å². The molecule has 1 saturated heterocycles. The fourth-order valence-electron chi connectivity index (χ4n) is 3.50. The number of likely N-dealkylation sites (tertiary alicyclic amines) is 1. The van der Waals surface area contributed by atoms with E-state index in [9.17, 15) is 14.7 Å². The molecule has 4 nitrogen and oxygen atoms in total. The summed E-state index contributed by atoms with van der Waals surface area (Å²) in [6.07, 6.45) is 3.11. The molecule has 3 rings (SSSR count). The van der Waals surface area contributed by atoms with Crippen molar-refractivity contribution in [3.63, 3.8) is 0 Å². The number of amides is 2. The molecule has 20 heavy (non-hydrogen) atoms. The molecule has 2 fully saturated rings. The quantitative estimate of drug-likeness (QED) is 0.843. The summed E-state index contributed by atoms with van der Waals surface area (Å²) in [4.78, 5) is 26.1. The van der Waals surface area contributed by atoms with Crippen LogP contribution in [0.5, 0.6) is 0 Å². The van der Waals surface area contributed by atoms with Gasteiger partial charge in [0.1, 0.15) is 0 Å². The Morgan fingerprint density at radius 1 is 1.10 bits per heavy atom. The van der Waals surface area contributed by atoms with Gasteiger partial charge < -0.3 is 5.11 Å². The molecule has 0 spiro atoms. The minimum atomic E-state index is -0.428. The summed E-state index contributed by atoms with van der Waals surface area (Å²) in [5, 5.41) is 9.60. The smallest absolute Gasteiger partial charge is 0.233 e. The number of hydrogen-bond donors (Lipinski definition) is 1. The van der Waals surface area contributed by atoms with Crippen molar-refractivity contribution in [3.05, 3.63) is 35.9 Å². The molecule has 4 heteroatoms. The van der Waals surface area contributed by atoms with Crippen LogP contribution in [-0.2, 0) is 16.0 Å². The number of benzene rings is 1. The second kappa shape index (κ2) is 5.37. The van der Waals surface area contributed by atoms with Gasteiger partial charge in [0.05, 0.1) is 24.5 Å². The van der Waals surface area contributed by atoms with Gasteiger partial charge in [0.25, 0.3) is 0 Å². The lowest BCUT2D eigenvalue weighted by Crippen LogP contribution is -2.44. The number of aliphatic hydroxyl groups excluding tert-OH is 1. The second-order valence-corrected chi connectivity index (χ2v) is 5.72. The second-order valence-electron chi connectivity index (χ2n) is 5.72. The van der Waals surface area contributed by atoms with Crippen LogP contribution in [0.4, 0.5) is 0 Å². The van der Waals surface area contributed by atoms with E-state index in [2.05, 4.69) is 0 Å². The van der Waals surface area contributed by atoms with Crippen molar-refractivity contribution in [3.8, 4) is 0 Å². The van der Waals surface area contributed by atoms with Crippen molar-refractivity contribution >= 4 is 11.8 Å². The molecule has 2 unspecified atom stereocenters. The van der Waals surface area contributed by atoms with E-state index >= 15 is 0 Å². The Labute approximate surface area is 118 Å². The first-order chi connectivity index (χ1) is 9.72. The van der Waals surface area contributed by atoms with Gasteiger partial charge in [-0.1, -0.05) is 36.8 Å². The molecule has 1 heterocycles. The lowest BCUT2D eigenvalue weighted by molar-refractivity contribution is -0.144. The molecule has 1 N–H and O–H groups in total. The van der Waals surface area contributed by atoms with Gasteiger partial charge in [-0.05, 0) is 24.8 Å². The summed E-state index contributed by atoms with van der Waals surface area (Å²) < 4.78 is 0. The molecular weight excluding hydrogens is 254 g/mol. The Hall–Kier alpha value is -1.68. The number of carbonyl (C=O) groups is 2. The first-order valence-corrected chi connectivity index (χ1v) is 7.24. The van der Waals surface area contributed by atoms with Crippen LogP contribution in [-0.4, -0.2) is 34.5 Å². The predicted octanol–water partition coefficient (Wildman–Crippen LogP) is 1.38. The van der Waals surface area contributed by atoms with Gasteiger partial charge in [-0.25, -0.2) is 0 Å². The first-order valence-electron chi connectivity index (χ1n) is 7.24. The number of carbonyl (C=O) groups excluding carboxylic acids is 2. The topological polar surface area (TPSA) is 57.6 Å². The van der Waals surface area contributed by atoms with Gasteiger partial charge in [0.2, 0.25) is 11.8 Å². The van der Waals surface area contributed by atoms with Crippen LogP contribution >= 0.6 is 0 Å². The number of aliphatic hydroxyl groups is 1. The molecule has 106 valence electrons. The zero-order valence-corrected chi connectivity index (χ0v) is 11.4. The van der Waals surface area contributed by atoms with E-state index in [4.69, 9.17) is 0 Å². The van der Waals surface area contributed by atoms with E-state index in [1.807, 2.05) is 30.3 Å². The van der Waals surface area contributed by atoms with Gasteiger partial charge in [-0.2, -0.15) is 0 Å². The average Bonchev–Trinajstić information content (AvgIpc) is 3.03. The standard InChI is InChI=1S/C16H19NO3/c18-10-12(9-11-5-2-1-3-6-11)17-15(19)13-7-4-8-14(13)16(17)20/h1-3,5-6,12-14,18H,4,7-10H2/t12-,13?,14?/m1/s1. The minimum Gasteiger partial charge on any atom is -0.394 e. The molecule has 2 amide bonds. The highest BCUT2D eigenvalue weighted by molar-refractivity contribution is 6.05. The molecule has 1 saturated carbocycles. The summed E-state index contributed by atoms with van der Waals surface area (Å²) in [6, 6.07) is 9.25. The van der Waals surface area contributed by atoms with Crippen molar-refractivity contribution in [2.24, 2.45) is 11.8 Å². The van der Waals surface area contributed by atoms with Crippen LogP contribution in [0.2, 0.25) is 0 Å². The van der Waals surface area contributed by atoms with E-state index in [1.54, 1.807) is 0 Å². The Balaban J connectivity index is 1.79. The van der Waals surface area contributed by atoms with E-state index in [1.165, 1.54) is 4.90 Å². The molecule has 1 aromatic carbocycles. The Bertz CT molecular complexity index is 492. The third kappa shape index (κ3) is 2.14. The summed E-state index contributed by atoms with van der Waals surface area (Å²) in [6.45, 7) is -0.175. The molecule has 0 bridgehead atoms. The van der Waals surface area contributed by atoms with E-state index in [0.717, 1.165) is 24.8 Å². The van der Waals surface area contributed by atoms with Crippen LogP contribution in [0.25, 0.3) is 0 Å². The average molecular weight is 273 g/mol. The minimum absolute atomic E-state index is 0.0764. The van der Waals surface area contributed by atoms with Gasteiger partial charge >= 0.3 is 0 Å². The maximum atomic E-state index is 12.4. The highest BCUT2D eigenvalue weighted by atomic mass is 16.3. The van der Waals surface area contributed by atoms with Crippen LogP contribution in [0.3, 0.4) is 0 Å². The number of fused-ring (bicyclic) bond motifs is 1. The molecule has 0 radical (unpaired) electrons. The fraction of sp³-hybridized carbons (Fsp3) is 0.500. The zero-order chi connectivity index (χ0) is 14.1. The van der Waals surface area contributed by atoms with Gasteiger partial charge in [0.15, 0.2) is 0 Å². The normalized spacial score (nSPS) is 26.9. The Morgan fingerprint density at radius 2 is 1.70 bits per heavy atom. The lowest BCUT2D eigenvalue weighted by atomic mass is 10.00. The molecule has 3 atom stereocenters. The predicted molar refractivity (Wildman–Crippen MR) is 73.7 cm³/mol. The maximum absolute atomic E-state index is 12.4. The Kier molecular flexibility index (Phi) is 3.57. The third-order valence-electron chi connectivity index (χ3n) is 4.52. The molecule has 1 aliphatic heterocycles. The highest BCUT2D eigenvalue weighted by Gasteiger charge is 2.51. The molecule has 1 aliphatic carbocycles. The van der Waals surface area contributed by atoms with E-state index in [-0.39, 0.29) is 30.3 Å². The molecule has 0 aromatic heterocycles. The summed E-state index contributed by atoms with van der Waals surface area (Å²) in [7, 11) is 0. The fourth-order valence-corrected chi connectivity index (χ4v) is 3.50. The van der Waals surface area contributed by atoms with Crippen molar-refractivity contribution in [1.29, 1.82) is 0 Å². The highest BCUT2D eigenvalue weighted by Crippen LogP contribution is 2.40. The third-order valence-corrected chi connectivity index (χ3v) is 4.52. The van der Waals surface area contributed by atoms with Crippen molar-refractivity contribution in [2.45, 2.75) is 31.7 Å². The number of imide groups is 1.